The molecule has 1 aromatic carbocycles. The molecule has 0 aliphatic carbocycles. The number of nitrogens with zero attached hydrogens (tertiary/aromatic N) is 3. The summed E-state index contributed by atoms with van der Waals surface area (Å²) in [4.78, 5) is 44.0. The smallest absolute Gasteiger partial charge is 0.410 e. The second-order valence-electron chi connectivity index (χ2n) is 9.77. The minimum Gasteiger partial charge on any atom is -0.445 e. The highest BCUT2D eigenvalue weighted by molar-refractivity contribution is 5.90. The fourth-order valence-electron chi connectivity index (χ4n) is 5.65. The molecule has 0 bridgehead atoms. The van der Waals surface area contributed by atoms with Crippen LogP contribution in [0.5, 0.6) is 0 Å². The molecule has 3 unspecified atom stereocenters. The van der Waals surface area contributed by atoms with Gasteiger partial charge >= 0.3 is 6.09 Å². The number of hydrogen-bond donors (Lipinski definition) is 2. The van der Waals surface area contributed by atoms with Crippen LogP contribution in [0.4, 0.5) is 4.79 Å². The van der Waals surface area contributed by atoms with Crippen molar-refractivity contribution < 1.29 is 24.3 Å². The summed E-state index contributed by atoms with van der Waals surface area (Å²) in [5.41, 5.74) is 3.01. The topological polar surface area (TPSA) is 102 Å². The number of nitrogens with one attached hydrogen (secondary N) is 1. The summed E-state index contributed by atoms with van der Waals surface area (Å²) in [5.74, 6) is -1.11. The van der Waals surface area contributed by atoms with Gasteiger partial charge in [0.2, 0.25) is 11.8 Å². The first-order valence-corrected chi connectivity index (χ1v) is 12.4. The fraction of sp³-hybridized carbons (Fsp3) is 0.640. The van der Waals surface area contributed by atoms with Crippen LogP contribution in [0.25, 0.3) is 0 Å². The molecule has 0 radical (unpaired) electrons. The van der Waals surface area contributed by atoms with Gasteiger partial charge in [0.25, 0.3) is 0 Å². The van der Waals surface area contributed by atoms with Crippen LogP contribution in [0.15, 0.2) is 30.3 Å². The Morgan fingerprint density at radius 1 is 0.971 bits per heavy atom. The molecule has 34 heavy (non-hydrogen) atoms. The Hall–Kier alpha value is -2.65. The molecule has 3 atom stereocenters. The van der Waals surface area contributed by atoms with Crippen LogP contribution >= 0.6 is 0 Å². The molecule has 4 rings (SSSR count). The number of benzene rings is 1. The predicted octanol–water partition coefficient (Wildman–Crippen LogP) is 2.21. The first-order chi connectivity index (χ1) is 16.5. The molecule has 3 saturated heterocycles. The third-order valence-corrected chi connectivity index (χ3v) is 7.52. The first kappa shape index (κ1) is 24.5. The van der Waals surface area contributed by atoms with E-state index in [9.17, 15) is 19.6 Å². The minimum absolute atomic E-state index is 0.108. The lowest BCUT2D eigenvalue weighted by molar-refractivity contribution is -0.152. The standard InChI is InChI=1S/C25H36N4O5/c1-27-17-20(34-25(32)29-12-6-3-7-13-29)16-21(23(30)26-33)22(27)24(31)28-14-10-19(11-15-28)18-8-4-2-5-9-18/h2,4-5,8-9,19-22,33H,3,6-7,10-17H2,1H3,(H,26,30). The first-order valence-electron chi connectivity index (χ1n) is 12.4. The summed E-state index contributed by atoms with van der Waals surface area (Å²) >= 11 is 0. The van der Waals surface area contributed by atoms with E-state index in [1.807, 2.05) is 23.1 Å². The zero-order chi connectivity index (χ0) is 24.1. The van der Waals surface area contributed by atoms with E-state index in [4.69, 9.17) is 4.74 Å². The summed E-state index contributed by atoms with van der Waals surface area (Å²) in [6.45, 7) is 2.99. The molecule has 2 N–H and O–H groups in total. The number of rotatable bonds is 4. The van der Waals surface area contributed by atoms with Crippen molar-refractivity contribution in [3.8, 4) is 0 Å². The number of hydroxylamine groups is 1. The van der Waals surface area contributed by atoms with E-state index in [-0.39, 0.29) is 18.4 Å². The van der Waals surface area contributed by atoms with Crippen LogP contribution in [0.3, 0.4) is 0 Å². The molecule has 9 heteroatoms. The Morgan fingerprint density at radius 3 is 2.29 bits per heavy atom. The highest BCUT2D eigenvalue weighted by Crippen LogP contribution is 2.31. The van der Waals surface area contributed by atoms with Crippen molar-refractivity contribution in [1.82, 2.24) is 20.2 Å². The third kappa shape index (κ3) is 5.52. The van der Waals surface area contributed by atoms with Crippen molar-refractivity contribution in [2.45, 2.75) is 56.6 Å². The van der Waals surface area contributed by atoms with E-state index in [0.717, 1.165) is 32.1 Å². The van der Waals surface area contributed by atoms with Gasteiger partial charge in [-0.25, -0.2) is 10.3 Å². The van der Waals surface area contributed by atoms with Gasteiger partial charge in [-0.1, -0.05) is 30.3 Å². The maximum atomic E-state index is 13.5. The van der Waals surface area contributed by atoms with E-state index >= 15 is 0 Å². The van der Waals surface area contributed by atoms with E-state index in [2.05, 4.69) is 12.1 Å². The third-order valence-electron chi connectivity index (χ3n) is 7.52. The van der Waals surface area contributed by atoms with E-state index in [1.54, 1.807) is 22.3 Å². The number of amides is 3. The van der Waals surface area contributed by atoms with Gasteiger partial charge in [-0.2, -0.15) is 0 Å². The largest absolute Gasteiger partial charge is 0.445 e. The van der Waals surface area contributed by atoms with Gasteiger partial charge in [0.05, 0.1) is 5.92 Å². The number of carbonyl (C=O) groups excluding carboxylic acids is 3. The monoisotopic (exact) mass is 472 g/mol. The molecule has 3 aliphatic rings. The van der Waals surface area contributed by atoms with Crippen molar-refractivity contribution in [2.75, 3.05) is 39.8 Å². The van der Waals surface area contributed by atoms with Crippen molar-refractivity contribution >= 4 is 17.9 Å². The van der Waals surface area contributed by atoms with Crippen LogP contribution in [-0.2, 0) is 14.3 Å². The molecule has 0 aromatic heterocycles. The maximum Gasteiger partial charge on any atom is 0.410 e. The molecule has 3 fully saturated rings. The van der Waals surface area contributed by atoms with Crippen molar-refractivity contribution in [1.29, 1.82) is 0 Å². The SMILES string of the molecule is CN1CC(OC(=O)N2CCCCC2)CC(C(=O)NO)C1C(=O)N1CCC(c2ccccc2)CC1. The highest BCUT2D eigenvalue weighted by Gasteiger charge is 2.46. The van der Waals surface area contributed by atoms with Crippen molar-refractivity contribution in [3.05, 3.63) is 35.9 Å². The van der Waals surface area contributed by atoms with Crippen LogP contribution in [-0.4, -0.2) is 89.7 Å². The number of piperidine rings is 3. The number of likely N-dealkylation sites (tertiary alicyclic amines) is 3. The average molecular weight is 473 g/mol. The maximum absolute atomic E-state index is 13.5. The molecule has 3 amide bonds. The molecule has 9 nitrogen and oxygen atoms in total. The van der Waals surface area contributed by atoms with Crippen molar-refractivity contribution in [2.24, 2.45) is 5.92 Å². The van der Waals surface area contributed by atoms with Gasteiger partial charge in [-0.05, 0) is 57.1 Å². The number of hydrogen-bond acceptors (Lipinski definition) is 6. The molecular weight excluding hydrogens is 436 g/mol. The Balaban J connectivity index is 1.39. The Kier molecular flexibility index (Phi) is 8.05. The normalized spacial score (nSPS) is 26.7. The number of likely N-dealkylation sites (N-methyl/N-ethyl adjacent to an activating group) is 1. The van der Waals surface area contributed by atoms with Gasteiger partial charge in [-0.3, -0.25) is 19.7 Å². The minimum atomic E-state index is -0.803. The number of carbonyl (C=O) groups is 3. The molecule has 0 saturated carbocycles. The van der Waals surface area contributed by atoms with Crippen LogP contribution in [0.2, 0.25) is 0 Å². The Labute approximate surface area is 201 Å². The van der Waals surface area contributed by atoms with E-state index in [0.29, 0.717) is 38.6 Å². The Bertz CT molecular complexity index is 852. The molecule has 0 spiro atoms. The highest BCUT2D eigenvalue weighted by atomic mass is 16.6. The van der Waals surface area contributed by atoms with Crippen LogP contribution in [0.1, 0.15) is 50.0 Å². The summed E-state index contributed by atoms with van der Waals surface area (Å²) in [6, 6.07) is 9.64. The summed E-state index contributed by atoms with van der Waals surface area (Å²) < 4.78 is 5.72. The van der Waals surface area contributed by atoms with Crippen molar-refractivity contribution in [3.63, 3.8) is 0 Å². The second-order valence-corrected chi connectivity index (χ2v) is 9.77. The molecule has 3 heterocycles. The van der Waals surface area contributed by atoms with E-state index < -0.39 is 24.0 Å². The van der Waals surface area contributed by atoms with Gasteiger partial charge in [-0.15, -0.1) is 0 Å². The number of ether oxygens (including phenoxy) is 1. The lowest BCUT2D eigenvalue weighted by Gasteiger charge is -2.44. The summed E-state index contributed by atoms with van der Waals surface area (Å²) in [5, 5.41) is 9.36. The zero-order valence-electron chi connectivity index (χ0n) is 19.9. The summed E-state index contributed by atoms with van der Waals surface area (Å²) in [6.07, 6.45) is 4.11. The quantitative estimate of drug-likeness (QED) is 0.515. The zero-order valence-corrected chi connectivity index (χ0v) is 19.9. The Morgan fingerprint density at radius 2 is 1.65 bits per heavy atom. The van der Waals surface area contributed by atoms with Crippen LogP contribution in [0, 0.1) is 5.92 Å². The molecule has 3 aliphatic heterocycles. The van der Waals surface area contributed by atoms with Gasteiger partial charge in [0, 0.05) is 32.7 Å². The molecular formula is C25H36N4O5. The molecule has 186 valence electrons. The van der Waals surface area contributed by atoms with E-state index in [1.165, 1.54) is 5.56 Å². The summed E-state index contributed by atoms with van der Waals surface area (Å²) in [7, 11) is 1.78. The molecule has 1 aromatic rings. The predicted molar refractivity (Wildman–Crippen MR) is 125 cm³/mol. The van der Waals surface area contributed by atoms with Gasteiger partial charge < -0.3 is 14.5 Å². The van der Waals surface area contributed by atoms with Crippen LogP contribution < -0.4 is 5.48 Å². The lowest BCUT2D eigenvalue weighted by atomic mass is 9.85. The van der Waals surface area contributed by atoms with Gasteiger partial charge in [0.1, 0.15) is 12.1 Å². The fourth-order valence-corrected chi connectivity index (χ4v) is 5.65. The second kappa shape index (κ2) is 11.2. The average Bonchev–Trinajstić information content (AvgIpc) is 2.88. The lowest BCUT2D eigenvalue weighted by Crippen LogP contribution is -2.61. The van der Waals surface area contributed by atoms with Gasteiger partial charge in [0.15, 0.2) is 0 Å².